The molecule has 0 unspecified atom stereocenters. The Morgan fingerprint density at radius 1 is 1.05 bits per heavy atom. The minimum absolute atomic E-state index is 0.152. The fourth-order valence-electron chi connectivity index (χ4n) is 4.64. The summed E-state index contributed by atoms with van der Waals surface area (Å²) in [7, 11) is 1.83. The molecule has 0 bridgehead atoms. The summed E-state index contributed by atoms with van der Waals surface area (Å²) in [5.74, 6) is 0.0177. The maximum atomic E-state index is 13.4. The normalized spacial score (nSPS) is 14.8. The topological polar surface area (TPSA) is 94.7 Å². The van der Waals surface area contributed by atoms with Crippen molar-refractivity contribution >= 4 is 27.9 Å². The van der Waals surface area contributed by atoms with Crippen molar-refractivity contribution in [2.75, 3.05) is 32.7 Å². The van der Waals surface area contributed by atoms with E-state index in [1.165, 1.54) is 16.8 Å². The van der Waals surface area contributed by atoms with E-state index in [-0.39, 0.29) is 17.5 Å². The second-order valence-electron chi connectivity index (χ2n) is 10.4. The lowest BCUT2D eigenvalue weighted by atomic mass is 10.2. The zero-order chi connectivity index (χ0) is 27.0. The molecule has 0 saturated carbocycles. The number of benzene rings is 1. The van der Waals surface area contributed by atoms with Crippen molar-refractivity contribution in [3.63, 3.8) is 0 Å². The molecule has 4 heterocycles. The van der Waals surface area contributed by atoms with E-state index in [0.717, 1.165) is 16.3 Å². The summed E-state index contributed by atoms with van der Waals surface area (Å²) in [6.07, 6.45) is 1.42. The van der Waals surface area contributed by atoms with Crippen molar-refractivity contribution < 1.29 is 18.7 Å². The number of nitrogens with zero attached hydrogens (tertiary/aromatic N) is 6. The number of pyridine rings is 1. The zero-order valence-electron chi connectivity index (χ0n) is 22.0. The van der Waals surface area contributed by atoms with Crippen LogP contribution in [0.2, 0.25) is 0 Å². The molecule has 11 heteroatoms. The van der Waals surface area contributed by atoms with Crippen LogP contribution in [0, 0.1) is 5.95 Å². The summed E-state index contributed by atoms with van der Waals surface area (Å²) in [6.45, 7) is 9.21. The number of piperazine rings is 1. The third-order valence-electron chi connectivity index (χ3n) is 6.54. The summed E-state index contributed by atoms with van der Waals surface area (Å²) in [6, 6.07) is 9.79. The number of fused-ring (bicyclic) bond motifs is 3. The maximum absolute atomic E-state index is 13.4. The van der Waals surface area contributed by atoms with Crippen LogP contribution in [0.1, 0.15) is 20.8 Å². The first-order valence-corrected chi connectivity index (χ1v) is 12.6. The van der Waals surface area contributed by atoms with Crippen molar-refractivity contribution in [2.24, 2.45) is 7.05 Å². The molecule has 1 fully saturated rings. The Balaban J connectivity index is 1.29. The molecule has 4 aromatic rings. The fourth-order valence-corrected chi connectivity index (χ4v) is 4.64. The van der Waals surface area contributed by atoms with Crippen LogP contribution in [0.15, 0.2) is 47.4 Å². The molecule has 1 aliphatic heterocycles. The molecule has 3 aromatic heterocycles. The van der Waals surface area contributed by atoms with Gasteiger partial charge in [-0.3, -0.25) is 9.69 Å². The first kappa shape index (κ1) is 25.7. The van der Waals surface area contributed by atoms with E-state index in [2.05, 4.69) is 15.0 Å². The van der Waals surface area contributed by atoms with Crippen molar-refractivity contribution in [2.45, 2.75) is 32.9 Å². The number of aromatic nitrogens is 4. The fraction of sp³-hybridized carbons (Fsp3) is 0.407. The highest BCUT2D eigenvalue weighted by atomic mass is 19.1. The summed E-state index contributed by atoms with van der Waals surface area (Å²) in [5, 5.41) is 6.06. The summed E-state index contributed by atoms with van der Waals surface area (Å²) in [5.41, 5.74) is 0.645. The zero-order valence-corrected chi connectivity index (χ0v) is 22.0. The first-order chi connectivity index (χ1) is 18.1. The standard InChI is InChI=1S/C27H31FN6O4/c1-27(2,3)38-26(36)33-13-10-32(11-14-33)12-15-34-25(35)24-20(17-29-34)19-9-8-18(16-21(19)31(24)4)37-23-7-5-6-22(28)30-23/h5-9,16-17H,10-15H2,1-4H3. The third-order valence-corrected chi connectivity index (χ3v) is 6.54. The van der Waals surface area contributed by atoms with E-state index < -0.39 is 11.5 Å². The molecule has 1 aliphatic rings. The van der Waals surface area contributed by atoms with Gasteiger partial charge in [-0.15, -0.1) is 0 Å². The van der Waals surface area contributed by atoms with Crippen LogP contribution in [-0.4, -0.2) is 73.5 Å². The van der Waals surface area contributed by atoms with Gasteiger partial charge in [0.2, 0.25) is 11.8 Å². The van der Waals surface area contributed by atoms with Gasteiger partial charge >= 0.3 is 6.09 Å². The van der Waals surface area contributed by atoms with Gasteiger partial charge < -0.3 is 18.9 Å². The van der Waals surface area contributed by atoms with Crippen LogP contribution in [0.25, 0.3) is 21.8 Å². The maximum Gasteiger partial charge on any atom is 0.410 e. The molecular formula is C27H31FN6O4. The number of ether oxygens (including phenoxy) is 2. The van der Waals surface area contributed by atoms with Gasteiger partial charge in [-0.2, -0.15) is 14.5 Å². The molecule has 5 rings (SSSR count). The Bertz CT molecular complexity index is 1550. The minimum atomic E-state index is -0.621. The lowest BCUT2D eigenvalue weighted by molar-refractivity contribution is 0.0142. The lowest BCUT2D eigenvalue weighted by Crippen LogP contribution is -2.50. The smallest absolute Gasteiger partial charge is 0.410 e. The molecule has 0 radical (unpaired) electrons. The van der Waals surface area contributed by atoms with Gasteiger partial charge in [0.15, 0.2) is 0 Å². The molecule has 0 spiro atoms. The molecule has 1 saturated heterocycles. The highest BCUT2D eigenvalue weighted by Gasteiger charge is 2.26. The molecule has 0 atom stereocenters. The highest BCUT2D eigenvalue weighted by molar-refractivity contribution is 6.07. The van der Waals surface area contributed by atoms with E-state index in [1.54, 1.807) is 29.3 Å². The number of carbonyl (C=O) groups excluding carboxylic acids is 1. The average molecular weight is 523 g/mol. The number of carbonyl (C=O) groups is 1. The summed E-state index contributed by atoms with van der Waals surface area (Å²) < 4.78 is 27.9. The van der Waals surface area contributed by atoms with Crippen LogP contribution < -0.4 is 10.3 Å². The largest absolute Gasteiger partial charge is 0.444 e. The Morgan fingerprint density at radius 3 is 2.53 bits per heavy atom. The van der Waals surface area contributed by atoms with Gasteiger partial charge in [-0.25, -0.2) is 9.48 Å². The number of halogens is 1. The van der Waals surface area contributed by atoms with E-state index in [9.17, 15) is 14.0 Å². The quantitative estimate of drug-likeness (QED) is 0.368. The molecule has 1 amide bonds. The number of aryl methyl sites for hydroxylation is 1. The van der Waals surface area contributed by atoms with Crippen molar-refractivity contribution in [3.05, 3.63) is 58.9 Å². The van der Waals surface area contributed by atoms with Gasteiger partial charge in [0.05, 0.1) is 18.3 Å². The molecule has 200 valence electrons. The molecule has 1 aromatic carbocycles. The Kier molecular flexibility index (Phi) is 6.78. The van der Waals surface area contributed by atoms with Crippen molar-refractivity contribution in [3.8, 4) is 11.6 Å². The van der Waals surface area contributed by atoms with Gasteiger partial charge in [0.1, 0.15) is 16.9 Å². The summed E-state index contributed by atoms with van der Waals surface area (Å²) in [4.78, 5) is 33.4. The molecule has 0 aliphatic carbocycles. The first-order valence-electron chi connectivity index (χ1n) is 12.6. The van der Waals surface area contributed by atoms with Crippen LogP contribution in [0.5, 0.6) is 11.6 Å². The average Bonchev–Trinajstić information content (AvgIpc) is 3.15. The second-order valence-corrected chi connectivity index (χ2v) is 10.4. The van der Waals surface area contributed by atoms with Crippen LogP contribution in [0.3, 0.4) is 0 Å². The molecular weight excluding hydrogens is 491 g/mol. The Morgan fingerprint density at radius 2 is 1.82 bits per heavy atom. The molecule has 10 nitrogen and oxygen atoms in total. The molecule has 0 N–H and O–H groups in total. The Hall–Kier alpha value is -3.99. The second kappa shape index (κ2) is 10.1. The van der Waals surface area contributed by atoms with Crippen molar-refractivity contribution in [1.29, 1.82) is 0 Å². The van der Waals surface area contributed by atoms with Crippen LogP contribution >= 0.6 is 0 Å². The number of hydrogen-bond donors (Lipinski definition) is 0. The summed E-state index contributed by atoms with van der Waals surface area (Å²) >= 11 is 0. The third kappa shape index (κ3) is 5.33. The van der Waals surface area contributed by atoms with Crippen molar-refractivity contribution in [1.82, 2.24) is 29.1 Å². The van der Waals surface area contributed by atoms with E-state index in [1.807, 2.05) is 38.5 Å². The number of rotatable bonds is 5. The van der Waals surface area contributed by atoms with Gasteiger partial charge in [0, 0.05) is 62.7 Å². The minimum Gasteiger partial charge on any atom is -0.444 e. The Labute approximate surface area is 219 Å². The predicted molar refractivity (Wildman–Crippen MR) is 141 cm³/mol. The SMILES string of the molecule is Cn1c2cc(Oc3cccc(F)n3)ccc2c2cnn(CCN3CCN(C(=O)OC(C)(C)C)CC3)c(=O)c21. The number of hydrogen-bond acceptors (Lipinski definition) is 7. The highest BCUT2D eigenvalue weighted by Crippen LogP contribution is 2.30. The van der Waals surface area contributed by atoms with Crippen LogP contribution in [-0.2, 0) is 18.3 Å². The molecule has 38 heavy (non-hydrogen) atoms. The van der Waals surface area contributed by atoms with E-state index >= 15 is 0 Å². The van der Waals surface area contributed by atoms with E-state index in [4.69, 9.17) is 9.47 Å². The van der Waals surface area contributed by atoms with Crippen LogP contribution in [0.4, 0.5) is 9.18 Å². The number of amides is 1. The van der Waals surface area contributed by atoms with Gasteiger partial charge in [-0.1, -0.05) is 6.07 Å². The monoisotopic (exact) mass is 522 g/mol. The predicted octanol–water partition coefficient (Wildman–Crippen LogP) is 3.77. The lowest BCUT2D eigenvalue weighted by Gasteiger charge is -2.35. The van der Waals surface area contributed by atoms with E-state index in [0.29, 0.717) is 50.5 Å². The van der Waals surface area contributed by atoms with Gasteiger partial charge in [0.25, 0.3) is 5.56 Å². The van der Waals surface area contributed by atoms with Gasteiger partial charge in [-0.05, 0) is 39.0 Å².